The first-order valence-corrected chi connectivity index (χ1v) is 11.5. The fraction of sp³-hybridized carbons (Fsp3) is 0.0526. The van der Waals surface area contributed by atoms with E-state index in [1.54, 1.807) is 6.07 Å². The first kappa shape index (κ1) is 24.5. The Balaban J connectivity index is 1.97. The molecule has 0 aliphatic carbocycles. The maximum absolute atomic E-state index is 14.7. The van der Waals surface area contributed by atoms with Crippen molar-refractivity contribution in [1.29, 1.82) is 0 Å². The molecule has 0 bridgehead atoms. The maximum atomic E-state index is 14.7. The highest BCUT2D eigenvalue weighted by atomic mass is 127. The molecule has 33 heavy (non-hydrogen) atoms. The fourth-order valence-corrected chi connectivity index (χ4v) is 3.50. The summed E-state index contributed by atoms with van der Waals surface area (Å²) < 4.78 is 76.3. The summed E-state index contributed by atoms with van der Waals surface area (Å²) >= 11 is 1.91. The van der Waals surface area contributed by atoms with Crippen molar-refractivity contribution in [2.24, 2.45) is 5.73 Å². The summed E-state index contributed by atoms with van der Waals surface area (Å²) in [7, 11) is -2.99. The minimum Gasteiger partial charge on any atom is -0.451 e. The Bertz CT molecular complexity index is 1340. The number of pyridine rings is 1. The van der Waals surface area contributed by atoms with Gasteiger partial charge in [0.25, 0.3) is 16.1 Å². The number of halogens is 4. The van der Waals surface area contributed by atoms with E-state index in [1.807, 2.05) is 32.0 Å². The van der Waals surface area contributed by atoms with Gasteiger partial charge in [0.1, 0.15) is 5.82 Å². The Hall–Kier alpha value is -3.11. The lowest BCUT2D eigenvalue weighted by Crippen LogP contribution is -2.27. The van der Waals surface area contributed by atoms with E-state index in [0.717, 1.165) is 31.4 Å². The number of nitrogens with one attached hydrogen (secondary N) is 3. The van der Waals surface area contributed by atoms with Gasteiger partial charge in [-0.1, -0.05) is 0 Å². The molecule has 0 saturated carbocycles. The molecule has 1 heterocycles. The van der Waals surface area contributed by atoms with Crippen LogP contribution in [-0.2, 0) is 10.2 Å². The number of amides is 1. The Kier molecular flexibility index (Phi) is 7.28. The highest BCUT2D eigenvalue weighted by Crippen LogP contribution is 2.34. The molecule has 0 fully saturated rings. The highest BCUT2D eigenvalue weighted by Gasteiger charge is 2.20. The third kappa shape index (κ3) is 5.82. The predicted molar refractivity (Wildman–Crippen MR) is 123 cm³/mol. The van der Waals surface area contributed by atoms with Crippen molar-refractivity contribution in [2.75, 3.05) is 17.1 Å². The van der Waals surface area contributed by atoms with E-state index < -0.39 is 50.9 Å². The number of anilines is 3. The average molecular weight is 593 g/mol. The number of primary amides is 1. The van der Waals surface area contributed by atoms with Crippen LogP contribution in [0.4, 0.5) is 30.4 Å². The van der Waals surface area contributed by atoms with Crippen molar-refractivity contribution >= 4 is 55.9 Å². The minimum atomic E-state index is -4.09. The van der Waals surface area contributed by atoms with Crippen molar-refractivity contribution in [1.82, 2.24) is 9.71 Å². The van der Waals surface area contributed by atoms with Crippen LogP contribution in [0.25, 0.3) is 0 Å². The third-order valence-corrected chi connectivity index (χ3v) is 5.78. The smallest absolute Gasteiger partial charge is 0.300 e. The number of rotatable bonds is 8. The van der Waals surface area contributed by atoms with Crippen molar-refractivity contribution in [2.45, 2.75) is 0 Å². The van der Waals surface area contributed by atoms with E-state index in [9.17, 15) is 26.4 Å². The van der Waals surface area contributed by atoms with Gasteiger partial charge in [0.2, 0.25) is 5.82 Å². The molecular formula is C19H15F3IN5O4S. The molecule has 0 saturated heterocycles. The van der Waals surface area contributed by atoms with Crippen LogP contribution in [0.5, 0.6) is 11.5 Å². The lowest BCUT2D eigenvalue weighted by Gasteiger charge is -2.15. The Labute approximate surface area is 199 Å². The van der Waals surface area contributed by atoms with Gasteiger partial charge in [0.15, 0.2) is 23.1 Å². The van der Waals surface area contributed by atoms with E-state index in [-0.39, 0.29) is 16.9 Å². The summed E-state index contributed by atoms with van der Waals surface area (Å²) in [5, 5.41) is 2.59. The van der Waals surface area contributed by atoms with Crippen molar-refractivity contribution < 1.29 is 31.1 Å². The molecule has 174 valence electrons. The van der Waals surface area contributed by atoms with E-state index in [4.69, 9.17) is 10.5 Å². The van der Waals surface area contributed by atoms with E-state index in [0.29, 0.717) is 3.57 Å². The van der Waals surface area contributed by atoms with Crippen LogP contribution in [0.2, 0.25) is 0 Å². The summed E-state index contributed by atoms with van der Waals surface area (Å²) in [5.74, 6) is -5.80. The topological polar surface area (TPSA) is 135 Å². The lowest BCUT2D eigenvalue weighted by atomic mass is 10.1. The van der Waals surface area contributed by atoms with Crippen LogP contribution >= 0.6 is 22.6 Å². The monoisotopic (exact) mass is 593 g/mol. The van der Waals surface area contributed by atoms with Crippen LogP contribution in [0.15, 0.2) is 42.6 Å². The van der Waals surface area contributed by atoms with Crippen LogP contribution in [-0.4, -0.2) is 26.4 Å². The number of nitrogens with zero attached hydrogens (tertiary/aromatic N) is 1. The standard InChI is InChI=1S/C19H15F3IN5O4S/c1-25-33(30,31)28-19-17(22)15(4-5-26-19)32-16-7-10(18(24)29)14(8-12(16)21)27-13-3-2-9(23)6-11(13)20/h2-8,25,27H,1H3,(H2,24,29)(H,26,28). The summed E-state index contributed by atoms with van der Waals surface area (Å²) in [6, 6.07) is 6.97. The van der Waals surface area contributed by atoms with E-state index in [2.05, 4.69) is 10.3 Å². The molecule has 14 heteroatoms. The van der Waals surface area contributed by atoms with Gasteiger partial charge in [-0.3, -0.25) is 9.52 Å². The van der Waals surface area contributed by atoms with Gasteiger partial charge in [-0.05, 0) is 46.9 Å². The number of hydrogen-bond donors (Lipinski definition) is 4. The van der Waals surface area contributed by atoms with E-state index >= 15 is 0 Å². The summed E-state index contributed by atoms with van der Waals surface area (Å²) in [4.78, 5) is 15.5. The molecule has 5 N–H and O–H groups in total. The molecule has 0 spiro atoms. The highest BCUT2D eigenvalue weighted by molar-refractivity contribution is 14.1. The molecule has 1 aromatic heterocycles. The minimum absolute atomic E-state index is 0.0346. The van der Waals surface area contributed by atoms with Crippen molar-refractivity contribution in [3.8, 4) is 11.5 Å². The van der Waals surface area contributed by atoms with Gasteiger partial charge < -0.3 is 15.8 Å². The molecule has 0 aliphatic heterocycles. The molecule has 3 rings (SSSR count). The number of nitrogens with two attached hydrogens (primary N) is 1. The number of carbonyl (C=O) groups is 1. The van der Waals surface area contributed by atoms with Gasteiger partial charge in [-0.2, -0.15) is 12.8 Å². The number of benzene rings is 2. The molecule has 3 aromatic rings. The Morgan fingerprint density at radius 1 is 1.06 bits per heavy atom. The van der Waals surface area contributed by atoms with Gasteiger partial charge >= 0.3 is 0 Å². The van der Waals surface area contributed by atoms with Gasteiger partial charge in [-0.15, -0.1) is 0 Å². The first-order chi connectivity index (χ1) is 15.5. The quantitative estimate of drug-likeness (QED) is 0.295. The predicted octanol–water partition coefficient (Wildman–Crippen LogP) is 3.61. The molecular weight excluding hydrogens is 578 g/mol. The molecule has 0 radical (unpaired) electrons. The molecule has 0 atom stereocenters. The molecule has 0 unspecified atom stereocenters. The van der Waals surface area contributed by atoms with Crippen molar-refractivity contribution in [3.05, 3.63) is 69.2 Å². The normalized spacial score (nSPS) is 11.2. The largest absolute Gasteiger partial charge is 0.451 e. The lowest BCUT2D eigenvalue weighted by molar-refractivity contribution is 0.100. The van der Waals surface area contributed by atoms with Crippen LogP contribution in [0.3, 0.4) is 0 Å². The zero-order valence-electron chi connectivity index (χ0n) is 16.6. The summed E-state index contributed by atoms with van der Waals surface area (Å²) in [6.45, 7) is 0. The molecule has 9 nitrogen and oxygen atoms in total. The second kappa shape index (κ2) is 9.80. The fourth-order valence-electron chi connectivity index (χ4n) is 2.55. The molecule has 1 amide bonds. The number of carbonyl (C=O) groups excluding carboxylic acids is 1. The SMILES string of the molecule is CNS(=O)(=O)Nc1nccc(Oc2cc(C(N)=O)c(Nc3ccc(I)cc3F)cc2F)c1F. The third-order valence-electron chi connectivity index (χ3n) is 4.11. The first-order valence-electron chi connectivity index (χ1n) is 8.90. The number of aromatic nitrogens is 1. The van der Waals surface area contributed by atoms with Crippen LogP contribution in [0, 0.1) is 21.0 Å². The van der Waals surface area contributed by atoms with Crippen LogP contribution in [0.1, 0.15) is 10.4 Å². The number of ether oxygens (including phenoxy) is 1. The zero-order chi connectivity index (χ0) is 24.3. The summed E-state index contributed by atoms with van der Waals surface area (Å²) in [5.41, 5.74) is 4.91. The maximum Gasteiger partial charge on any atom is 0.300 e. The van der Waals surface area contributed by atoms with Crippen LogP contribution < -0.4 is 25.2 Å². The Morgan fingerprint density at radius 3 is 2.42 bits per heavy atom. The summed E-state index contributed by atoms with van der Waals surface area (Å²) in [6.07, 6.45) is 1.02. The average Bonchev–Trinajstić information content (AvgIpc) is 2.74. The van der Waals surface area contributed by atoms with E-state index in [1.165, 1.54) is 12.1 Å². The Morgan fingerprint density at radius 2 is 1.79 bits per heavy atom. The second-order valence-electron chi connectivity index (χ2n) is 6.32. The van der Waals surface area contributed by atoms with Gasteiger partial charge in [0.05, 0.1) is 16.9 Å². The number of hydrogen-bond acceptors (Lipinski definition) is 6. The molecule has 2 aromatic carbocycles. The second-order valence-corrected chi connectivity index (χ2v) is 9.19. The van der Waals surface area contributed by atoms with Gasteiger partial charge in [0, 0.05) is 28.9 Å². The zero-order valence-corrected chi connectivity index (χ0v) is 19.6. The molecule has 0 aliphatic rings. The van der Waals surface area contributed by atoms with Crippen molar-refractivity contribution in [3.63, 3.8) is 0 Å². The van der Waals surface area contributed by atoms with Gasteiger partial charge in [-0.25, -0.2) is 18.5 Å².